The number of benzene rings is 1. The third-order valence-corrected chi connectivity index (χ3v) is 5.29. The molecule has 3 rings (SSSR count). The van der Waals surface area contributed by atoms with Crippen molar-refractivity contribution in [3.63, 3.8) is 0 Å². The van der Waals surface area contributed by atoms with Gasteiger partial charge in [-0.3, -0.25) is 14.6 Å². The minimum Gasteiger partial charge on any atom is -0.447 e. The molecule has 0 atom stereocenters. The first-order valence-electron chi connectivity index (χ1n) is 10.8. The molecule has 33 heavy (non-hydrogen) atoms. The molecule has 1 aliphatic rings. The summed E-state index contributed by atoms with van der Waals surface area (Å²) >= 11 is 0. The van der Waals surface area contributed by atoms with E-state index in [9.17, 15) is 18.0 Å². The van der Waals surface area contributed by atoms with Gasteiger partial charge < -0.3 is 19.2 Å². The van der Waals surface area contributed by atoms with Crippen molar-refractivity contribution in [3.8, 4) is 0 Å². The van der Waals surface area contributed by atoms with E-state index in [2.05, 4.69) is 15.2 Å². The average Bonchev–Trinajstić information content (AvgIpc) is 3.26. The number of morpholine rings is 1. The van der Waals surface area contributed by atoms with Gasteiger partial charge in [0.1, 0.15) is 6.26 Å². The first-order chi connectivity index (χ1) is 15.9. The number of ether oxygens (including phenoxy) is 2. The summed E-state index contributed by atoms with van der Waals surface area (Å²) in [6, 6.07) is 5.54. The summed E-state index contributed by atoms with van der Waals surface area (Å²) in [5.41, 5.74) is -0.368. The van der Waals surface area contributed by atoms with E-state index < -0.39 is 17.6 Å². The quantitative estimate of drug-likeness (QED) is 0.505. The van der Waals surface area contributed by atoms with Crippen LogP contribution in [0.4, 0.5) is 13.2 Å². The zero-order chi connectivity index (χ0) is 23.7. The van der Waals surface area contributed by atoms with Crippen molar-refractivity contribution in [2.24, 2.45) is 0 Å². The Balaban J connectivity index is 1.70. The number of rotatable bonds is 11. The average molecular weight is 470 g/mol. The van der Waals surface area contributed by atoms with Crippen LogP contribution in [-0.2, 0) is 28.7 Å². The van der Waals surface area contributed by atoms with Gasteiger partial charge in [0.15, 0.2) is 5.69 Å². The normalized spacial score (nSPS) is 15.2. The number of methoxy groups -OCH3 is 1. The second kappa shape index (κ2) is 12.1. The Labute approximate surface area is 190 Å². The molecule has 1 aromatic carbocycles. The highest BCUT2D eigenvalue weighted by molar-refractivity contribution is 5.91. The molecule has 0 saturated carbocycles. The Morgan fingerprint density at radius 1 is 1.24 bits per heavy atom. The summed E-state index contributed by atoms with van der Waals surface area (Å²) in [5.74, 6) is -0.136. The van der Waals surface area contributed by atoms with Gasteiger partial charge in [0.25, 0.3) is 5.91 Å². The van der Waals surface area contributed by atoms with Crippen molar-refractivity contribution in [3.05, 3.63) is 53.2 Å². The van der Waals surface area contributed by atoms with E-state index in [1.807, 2.05) is 4.90 Å². The van der Waals surface area contributed by atoms with Crippen LogP contribution in [0.15, 0.2) is 34.9 Å². The molecule has 1 amide bonds. The molecule has 0 radical (unpaired) electrons. The number of amides is 1. The topological polar surface area (TPSA) is 80.1 Å². The highest BCUT2D eigenvalue weighted by atomic mass is 19.4. The molecule has 0 aliphatic carbocycles. The number of hydrogen-bond acceptors (Lipinski definition) is 7. The lowest BCUT2D eigenvalue weighted by atomic mass is 10.1. The van der Waals surface area contributed by atoms with Crippen molar-refractivity contribution < 1.29 is 31.9 Å². The Bertz CT molecular complexity index is 885. The van der Waals surface area contributed by atoms with Crippen LogP contribution in [0.2, 0.25) is 0 Å². The van der Waals surface area contributed by atoms with Crippen LogP contribution in [0.5, 0.6) is 0 Å². The fourth-order valence-corrected chi connectivity index (χ4v) is 3.53. The minimum atomic E-state index is -4.44. The molecule has 1 fully saturated rings. The van der Waals surface area contributed by atoms with E-state index >= 15 is 0 Å². The zero-order valence-corrected chi connectivity index (χ0v) is 18.6. The molecule has 11 heteroatoms. The summed E-state index contributed by atoms with van der Waals surface area (Å²) in [4.78, 5) is 20.4. The maximum absolute atomic E-state index is 13.5. The van der Waals surface area contributed by atoms with Crippen molar-refractivity contribution in [2.45, 2.75) is 19.3 Å². The Hall–Kier alpha value is -2.47. The summed E-state index contributed by atoms with van der Waals surface area (Å²) < 4.78 is 56.2. The molecule has 0 spiro atoms. The molecule has 0 bridgehead atoms. The smallest absolute Gasteiger partial charge is 0.416 e. The lowest BCUT2D eigenvalue weighted by Gasteiger charge is -2.30. The van der Waals surface area contributed by atoms with Gasteiger partial charge in [-0.1, -0.05) is 18.2 Å². The van der Waals surface area contributed by atoms with E-state index in [0.717, 1.165) is 19.2 Å². The number of hydrogen-bond donors (Lipinski definition) is 1. The lowest BCUT2D eigenvalue weighted by Crippen LogP contribution is -2.41. The summed E-state index contributed by atoms with van der Waals surface area (Å²) in [6.45, 7) is 4.93. The first kappa shape index (κ1) is 25.2. The number of nitrogens with zero attached hydrogens (tertiary/aromatic N) is 3. The number of carbonyl (C=O) groups is 1. The third kappa shape index (κ3) is 7.81. The zero-order valence-electron chi connectivity index (χ0n) is 18.6. The maximum atomic E-state index is 13.5. The maximum Gasteiger partial charge on any atom is 0.416 e. The molecule has 1 N–H and O–H groups in total. The van der Waals surface area contributed by atoms with Gasteiger partial charge in [0.2, 0.25) is 5.89 Å². The van der Waals surface area contributed by atoms with Gasteiger partial charge in [0.05, 0.1) is 31.9 Å². The minimum absolute atomic E-state index is 0.0672. The molecular formula is C22H29F3N4O4. The van der Waals surface area contributed by atoms with Gasteiger partial charge in [-0.2, -0.15) is 13.2 Å². The van der Waals surface area contributed by atoms with Crippen LogP contribution < -0.4 is 5.32 Å². The number of carbonyl (C=O) groups excluding carboxylic acids is 1. The van der Waals surface area contributed by atoms with Crippen LogP contribution >= 0.6 is 0 Å². The fourth-order valence-electron chi connectivity index (χ4n) is 3.53. The van der Waals surface area contributed by atoms with Gasteiger partial charge in [-0.05, 0) is 11.6 Å². The summed E-state index contributed by atoms with van der Waals surface area (Å²) in [5, 5.41) is 2.66. The predicted molar refractivity (Wildman–Crippen MR) is 114 cm³/mol. The molecular weight excluding hydrogens is 441 g/mol. The van der Waals surface area contributed by atoms with Gasteiger partial charge in [0, 0.05) is 46.4 Å². The second-order valence-corrected chi connectivity index (χ2v) is 7.69. The van der Waals surface area contributed by atoms with Gasteiger partial charge >= 0.3 is 6.18 Å². The Morgan fingerprint density at radius 2 is 2.00 bits per heavy atom. The molecule has 2 aromatic rings. The van der Waals surface area contributed by atoms with E-state index in [1.165, 1.54) is 25.5 Å². The highest BCUT2D eigenvalue weighted by Gasteiger charge is 2.33. The Morgan fingerprint density at radius 3 is 2.73 bits per heavy atom. The summed E-state index contributed by atoms with van der Waals surface area (Å²) in [7, 11) is 1.53. The van der Waals surface area contributed by atoms with Gasteiger partial charge in [-0.25, -0.2) is 4.98 Å². The molecule has 1 aliphatic heterocycles. The van der Waals surface area contributed by atoms with Crippen molar-refractivity contribution >= 4 is 5.91 Å². The van der Waals surface area contributed by atoms with Crippen LogP contribution in [0, 0.1) is 0 Å². The lowest BCUT2D eigenvalue weighted by molar-refractivity contribution is -0.138. The number of alkyl halides is 3. The van der Waals surface area contributed by atoms with E-state index in [4.69, 9.17) is 13.9 Å². The number of nitrogens with one attached hydrogen (secondary N) is 1. The fraction of sp³-hybridized carbons (Fsp3) is 0.545. The van der Waals surface area contributed by atoms with Crippen LogP contribution in [0.1, 0.15) is 27.5 Å². The van der Waals surface area contributed by atoms with Crippen molar-refractivity contribution in [2.75, 3.05) is 59.7 Å². The van der Waals surface area contributed by atoms with Crippen LogP contribution in [0.25, 0.3) is 0 Å². The molecule has 1 aromatic heterocycles. The highest BCUT2D eigenvalue weighted by Crippen LogP contribution is 2.32. The monoisotopic (exact) mass is 470 g/mol. The summed E-state index contributed by atoms with van der Waals surface area (Å²) in [6.07, 6.45) is -3.19. The predicted octanol–water partition coefficient (Wildman–Crippen LogP) is 2.40. The third-order valence-electron chi connectivity index (χ3n) is 5.29. The van der Waals surface area contributed by atoms with Crippen molar-refractivity contribution in [1.29, 1.82) is 0 Å². The number of aromatic nitrogens is 1. The second-order valence-electron chi connectivity index (χ2n) is 7.69. The SMILES string of the molecule is COCCNC(=O)c1coc(CN(CCN2CCOCC2)Cc2ccccc2C(F)(F)F)n1. The van der Waals surface area contributed by atoms with Gasteiger partial charge in [-0.15, -0.1) is 0 Å². The number of halogens is 3. The molecule has 8 nitrogen and oxygen atoms in total. The van der Waals surface area contributed by atoms with Crippen LogP contribution in [-0.4, -0.2) is 80.3 Å². The molecule has 2 heterocycles. The Kier molecular flexibility index (Phi) is 9.24. The first-order valence-corrected chi connectivity index (χ1v) is 10.8. The largest absolute Gasteiger partial charge is 0.447 e. The van der Waals surface area contributed by atoms with E-state index in [1.54, 1.807) is 6.07 Å². The molecule has 182 valence electrons. The molecule has 1 saturated heterocycles. The van der Waals surface area contributed by atoms with Crippen molar-refractivity contribution in [1.82, 2.24) is 20.1 Å². The van der Waals surface area contributed by atoms with Crippen LogP contribution in [0.3, 0.4) is 0 Å². The standard InChI is InChI=1S/C22H29F3N4O4/c1-31-11-6-26-21(30)19-16-33-20(27-19)15-29(8-7-28-9-12-32-13-10-28)14-17-4-2-3-5-18(17)22(23,24)25/h2-5,16H,6-15H2,1H3,(H,26,30). The molecule has 0 unspecified atom stereocenters. The number of oxazole rings is 1. The van der Waals surface area contributed by atoms with E-state index in [0.29, 0.717) is 39.5 Å². The van der Waals surface area contributed by atoms with E-state index in [-0.39, 0.29) is 30.2 Å².